The van der Waals surface area contributed by atoms with Crippen LogP contribution < -0.4 is 5.32 Å². The molecule has 0 fully saturated rings. The minimum absolute atomic E-state index is 0.632. The summed E-state index contributed by atoms with van der Waals surface area (Å²) < 4.78 is 0. The number of hydrogen-bond donors (Lipinski definition) is 1. The van der Waals surface area contributed by atoms with Crippen LogP contribution in [-0.2, 0) is 6.54 Å². The van der Waals surface area contributed by atoms with E-state index in [4.69, 9.17) is 0 Å². The van der Waals surface area contributed by atoms with Gasteiger partial charge in [0.2, 0.25) is 0 Å². The number of thioether (sulfide) groups is 1. The fourth-order valence-corrected chi connectivity index (χ4v) is 2.76. The van der Waals surface area contributed by atoms with Crippen LogP contribution >= 0.6 is 23.1 Å². The Labute approximate surface area is 94.5 Å². The predicted molar refractivity (Wildman–Crippen MR) is 66.2 cm³/mol. The fourth-order valence-electron chi connectivity index (χ4n) is 1.25. The maximum absolute atomic E-state index is 4.24. The molecule has 0 saturated heterocycles. The van der Waals surface area contributed by atoms with Crippen LogP contribution in [0.3, 0.4) is 0 Å². The van der Waals surface area contributed by atoms with Crippen molar-refractivity contribution in [2.24, 2.45) is 0 Å². The lowest BCUT2D eigenvalue weighted by atomic mass is 10.2. The summed E-state index contributed by atoms with van der Waals surface area (Å²) >= 11 is 3.68. The highest BCUT2D eigenvalue weighted by Gasteiger charge is 2.05. The van der Waals surface area contributed by atoms with E-state index in [0.29, 0.717) is 6.04 Å². The molecule has 0 aliphatic heterocycles. The van der Waals surface area contributed by atoms with Crippen LogP contribution in [0, 0.1) is 6.92 Å². The Morgan fingerprint density at radius 3 is 2.93 bits per heavy atom. The van der Waals surface area contributed by atoms with Gasteiger partial charge in [0.05, 0.1) is 5.01 Å². The third kappa shape index (κ3) is 3.98. The fraction of sp³-hybridized carbons (Fsp3) is 0.700. The molecule has 0 radical (unpaired) electrons. The first-order valence-corrected chi connectivity index (χ1v) is 7.11. The topological polar surface area (TPSA) is 24.9 Å². The van der Waals surface area contributed by atoms with Crippen molar-refractivity contribution in [3.63, 3.8) is 0 Å². The standard InChI is InChI=1S/C10H18N2S2/c1-4-9(7-13-3)12-6-10-5-11-8(2)14-10/h5,9,12H,4,6-7H2,1-3H3. The molecule has 1 unspecified atom stereocenters. The van der Waals surface area contributed by atoms with Gasteiger partial charge in [0.25, 0.3) is 0 Å². The summed E-state index contributed by atoms with van der Waals surface area (Å²) in [5.41, 5.74) is 0. The van der Waals surface area contributed by atoms with E-state index in [-0.39, 0.29) is 0 Å². The van der Waals surface area contributed by atoms with E-state index in [2.05, 4.69) is 23.5 Å². The van der Waals surface area contributed by atoms with Gasteiger partial charge in [-0.3, -0.25) is 0 Å². The second-order valence-corrected chi connectivity index (χ2v) is 5.52. The maximum Gasteiger partial charge on any atom is 0.0897 e. The number of hydrogen-bond acceptors (Lipinski definition) is 4. The molecule has 14 heavy (non-hydrogen) atoms. The Kier molecular flexibility index (Phi) is 5.52. The SMILES string of the molecule is CCC(CSC)NCc1cnc(C)s1. The summed E-state index contributed by atoms with van der Waals surface area (Å²) in [7, 11) is 0. The van der Waals surface area contributed by atoms with Crippen molar-refractivity contribution in [3.8, 4) is 0 Å². The molecule has 1 atom stereocenters. The monoisotopic (exact) mass is 230 g/mol. The molecule has 80 valence electrons. The Bertz CT molecular complexity index is 260. The van der Waals surface area contributed by atoms with E-state index in [0.717, 1.165) is 11.6 Å². The summed E-state index contributed by atoms with van der Waals surface area (Å²) in [6.45, 7) is 5.24. The largest absolute Gasteiger partial charge is 0.308 e. The van der Waals surface area contributed by atoms with Gasteiger partial charge >= 0.3 is 0 Å². The number of aryl methyl sites for hydroxylation is 1. The zero-order valence-corrected chi connectivity index (χ0v) is 10.7. The molecule has 0 bridgehead atoms. The average molecular weight is 230 g/mol. The lowest BCUT2D eigenvalue weighted by Crippen LogP contribution is -2.29. The lowest BCUT2D eigenvalue weighted by Gasteiger charge is -2.14. The smallest absolute Gasteiger partial charge is 0.0897 e. The molecule has 2 nitrogen and oxygen atoms in total. The van der Waals surface area contributed by atoms with Crippen molar-refractivity contribution < 1.29 is 0 Å². The van der Waals surface area contributed by atoms with Gasteiger partial charge in [-0.1, -0.05) is 6.92 Å². The number of rotatable bonds is 6. The molecule has 4 heteroatoms. The highest BCUT2D eigenvalue weighted by atomic mass is 32.2. The predicted octanol–water partition coefficient (Wildman–Crippen LogP) is 2.68. The summed E-state index contributed by atoms with van der Waals surface area (Å²) in [6.07, 6.45) is 5.32. The van der Waals surface area contributed by atoms with Crippen LogP contribution in [0.4, 0.5) is 0 Å². The molecule has 0 aromatic carbocycles. The number of nitrogens with one attached hydrogen (secondary N) is 1. The Morgan fingerprint density at radius 1 is 1.64 bits per heavy atom. The number of nitrogens with zero attached hydrogens (tertiary/aromatic N) is 1. The molecule has 0 aliphatic carbocycles. The second kappa shape index (κ2) is 6.43. The van der Waals surface area contributed by atoms with E-state index in [1.54, 1.807) is 11.3 Å². The van der Waals surface area contributed by atoms with Crippen molar-refractivity contribution in [1.29, 1.82) is 0 Å². The summed E-state index contributed by atoms with van der Waals surface area (Å²) in [4.78, 5) is 5.57. The summed E-state index contributed by atoms with van der Waals surface area (Å²) in [5, 5.41) is 4.70. The lowest BCUT2D eigenvalue weighted by molar-refractivity contribution is 0.544. The quantitative estimate of drug-likeness (QED) is 0.813. The van der Waals surface area contributed by atoms with Gasteiger partial charge in [0, 0.05) is 29.4 Å². The Morgan fingerprint density at radius 2 is 2.43 bits per heavy atom. The average Bonchev–Trinajstić information content (AvgIpc) is 2.59. The van der Waals surface area contributed by atoms with E-state index < -0.39 is 0 Å². The molecule has 1 aromatic rings. The molecular formula is C10H18N2S2. The molecule has 1 rings (SSSR count). The van der Waals surface area contributed by atoms with E-state index in [9.17, 15) is 0 Å². The maximum atomic E-state index is 4.24. The second-order valence-electron chi connectivity index (χ2n) is 3.29. The molecule has 1 heterocycles. The number of aromatic nitrogens is 1. The summed E-state index contributed by atoms with van der Waals surface area (Å²) in [5.74, 6) is 1.19. The van der Waals surface area contributed by atoms with Gasteiger partial charge in [-0.15, -0.1) is 11.3 Å². The van der Waals surface area contributed by atoms with E-state index in [1.807, 2.05) is 24.9 Å². The van der Waals surface area contributed by atoms with Gasteiger partial charge in [-0.25, -0.2) is 4.98 Å². The van der Waals surface area contributed by atoms with Crippen molar-refractivity contribution in [2.75, 3.05) is 12.0 Å². The summed E-state index contributed by atoms with van der Waals surface area (Å²) in [6, 6.07) is 0.632. The van der Waals surface area contributed by atoms with Gasteiger partial charge < -0.3 is 5.32 Å². The zero-order valence-electron chi connectivity index (χ0n) is 9.04. The molecule has 1 aromatic heterocycles. The van der Waals surface area contributed by atoms with Crippen LogP contribution in [-0.4, -0.2) is 23.0 Å². The Balaban J connectivity index is 2.31. The van der Waals surface area contributed by atoms with Crippen LogP contribution in [0.2, 0.25) is 0 Å². The van der Waals surface area contributed by atoms with Gasteiger partial charge in [0.1, 0.15) is 0 Å². The molecule has 0 spiro atoms. The third-order valence-electron chi connectivity index (χ3n) is 2.09. The molecular weight excluding hydrogens is 212 g/mol. The van der Waals surface area contributed by atoms with E-state index >= 15 is 0 Å². The molecule has 0 saturated carbocycles. The first-order valence-electron chi connectivity index (χ1n) is 4.90. The third-order valence-corrected chi connectivity index (χ3v) is 3.74. The number of thiazole rings is 1. The first kappa shape index (κ1) is 12.0. The van der Waals surface area contributed by atoms with Crippen molar-refractivity contribution in [3.05, 3.63) is 16.1 Å². The minimum atomic E-state index is 0.632. The highest BCUT2D eigenvalue weighted by molar-refractivity contribution is 7.98. The van der Waals surface area contributed by atoms with Crippen LogP contribution in [0.15, 0.2) is 6.20 Å². The van der Waals surface area contributed by atoms with Crippen LogP contribution in [0.25, 0.3) is 0 Å². The van der Waals surface area contributed by atoms with Gasteiger partial charge in [-0.05, 0) is 19.6 Å². The van der Waals surface area contributed by atoms with Crippen molar-refractivity contribution in [2.45, 2.75) is 32.9 Å². The van der Waals surface area contributed by atoms with E-state index in [1.165, 1.54) is 17.1 Å². The Hall–Kier alpha value is -0.0600. The van der Waals surface area contributed by atoms with Crippen LogP contribution in [0.5, 0.6) is 0 Å². The molecule has 0 amide bonds. The van der Waals surface area contributed by atoms with Crippen LogP contribution in [0.1, 0.15) is 23.2 Å². The molecule has 1 N–H and O–H groups in total. The molecule has 0 aliphatic rings. The van der Waals surface area contributed by atoms with Crippen molar-refractivity contribution >= 4 is 23.1 Å². The van der Waals surface area contributed by atoms with Gasteiger partial charge in [0.15, 0.2) is 0 Å². The normalized spacial score (nSPS) is 13.1. The zero-order chi connectivity index (χ0) is 10.4. The minimum Gasteiger partial charge on any atom is -0.308 e. The van der Waals surface area contributed by atoms with Gasteiger partial charge in [-0.2, -0.15) is 11.8 Å². The van der Waals surface area contributed by atoms with Crippen molar-refractivity contribution in [1.82, 2.24) is 10.3 Å². The first-order chi connectivity index (χ1) is 6.76. The highest BCUT2D eigenvalue weighted by Crippen LogP contribution is 2.11.